The lowest BCUT2D eigenvalue weighted by molar-refractivity contribution is 0.0687. The van der Waals surface area contributed by atoms with Crippen LogP contribution < -0.4 is 10.9 Å². The van der Waals surface area contributed by atoms with Gasteiger partial charge in [-0.15, -0.1) is 0 Å². The zero-order chi connectivity index (χ0) is 21.8. The SMILES string of the molecule is Cc1ccn(CC2CCCNC2)c(=O)c1C(=O)N1CCC(Cc2ccc(F)cc2)CC1. The third-order valence-electron chi connectivity index (χ3n) is 6.78. The van der Waals surface area contributed by atoms with Gasteiger partial charge >= 0.3 is 0 Å². The van der Waals surface area contributed by atoms with Crippen LogP contribution in [0.1, 0.15) is 47.2 Å². The van der Waals surface area contributed by atoms with E-state index in [4.69, 9.17) is 0 Å². The molecule has 4 rings (SSSR count). The number of carbonyl (C=O) groups excluding carboxylic acids is 1. The minimum atomic E-state index is -0.215. The second-order valence-corrected chi connectivity index (χ2v) is 9.11. The third-order valence-corrected chi connectivity index (χ3v) is 6.78. The van der Waals surface area contributed by atoms with Crippen molar-refractivity contribution in [1.82, 2.24) is 14.8 Å². The monoisotopic (exact) mass is 425 g/mol. The van der Waals surface area contributed by atoms with Crippen LogP contribution in [0.2, 0.25) is 0 Å². The fourth-order valence-corrected chi connectivity index (χ4v) is 4.88. The van der Waals surface area contributed by atoms with Crippen LogP contribution in [0.25, 0.3) is 0 Å². The van der Waals surface area contributed by atoms with Gasteiger partial charge in [-0.25, -0.2) is 4.39 Å². The average molecular weight is 426 g/mol. The van der Waals surface area contributed by atoms with Crippen molar-refractivity contribution in [3.63, 3.8) is 0 Å². The second-order valence-electron chi connectivity index (χ2n) is 9.11. The van der Waals surface area contributed by atoms with Gasteiger partial charge in [0.15, 0.2) is 0 Å². The number of likely N-dealkylation sites (tertiary alicyclic amines) is 1. The maximum absolute atomic E-state index is 13.2. The summed E-state index contributed by atoms with van der Waals surface area (Å²) in [6.07, 6.45) is 6.77. The number of amides is 1. The standard InChI is InChI=1S/C25H32FN3O2/c1-18-8-12-29(17-21-3-2-11-27-16-21)25(31)23(18)24(30)28-13-9-20(10-14-28)15-19-4-6-22(26)7-5-19/h4-8,12,20-21,27H,2-3,9-11,13-17H2,1H3. The molecule has 3 heterocycles. The topological polar surface area (TPSA) is 54.3 Å². The molecule has 1 atom stereocenters. The lowest BCUT2D eigenvalue weighted by Gasteiger charge is -2.32. The third kappa shape index (κ3) is 5.24. The summed E-state index contributed by atoms with van der Waals surface area (Å²) in [6, 6.07) is 8.57. The Bertz CT molecular complexity index is 956. The van der Waals surface area contributed by atoms with Gasteiger partial charge in [0, 0.05) is 25.8 Å². The molecular weight excluding hydrogens is 393 g/mol. The van der Waals surface area contributed by atoms with E-state index < -0.39 is 0 Å². The highest BCUT2D eigenvalue weighted by atomic mass is 19.1. The van der Waals surface area contributed by atoms with E-state index in [0.717, 1.165) is 56.3 Å². The van der Waals surface area contributed by atoms with E-state index in [1.165, 1.54) is 12.1 Å². The Hall–Kier alpha value is -2.47. The molecule has 2 saturated heterocycles. The molecule has 5 nitrogen and oxygen atoms in total. The van der Waals surface area contributed by atoms with Crippen molar-refractivity contribution in [2.45, 2.75) is 45.6 Å². The number of aryl methyl sites for hydroxylation is 1. The molecule has 2 aliphatic heterocycles. The molecule has 0 aliphatic carbocycles. The van der Waals surface area contributed by atoms with E-state index in [1.807, 2.05) is 36.2 Å². The van der Waals surface area contributed by atoms with Crippen molar-refractivity contribution in [2.75, 3.05) is 26.2 Å². The Kier molecular flexibility index (Phi) is 6.86. The molecule has 0 radical (unpaired) electrons. The van der Waals surface area contributed by atoms with Gasteiger partial charge in [0.2, 0.25) is 0 Å². The molecule has 1 unspecified atom stereocenters. The second kappa shape index (κ2) is 9.77. The summed E-state index contributed by atoms with van der Waals surface area (Å²) in [5, 5.41) is 3.39. The van der Waals surface area contributed by atoms with Gasteiger partial charge in [0.05, 0.1) is 0 Å². The van der Waals surface area contributed by atoms with Gasteiger partial charge in [-0.2, -0.15) is 0 Å². The summed E-state index contributed by atoms with van der Waals surface area (Å²) in [7, 11) is 0. The Morgan fingerprint density at radius 1 is 1.10 bits per heavy atom. The zero-order valence-corrected chi connectivity index (χ0v) is 18.3. The lowest BCUT2D eigenvalue weighted by Crippen LogP contribution is -2.43. The Labute approximate surface area is 183 Å². The molecular formula is C25H32FN3O2. The number of piperidine rings is 2. The largest absolute Gasteiger partial charge is 0.338 e. The summed E-state index contributed by atoms with van der Waals surface area (Å²) in [5.41, 5.74) is 2.04. The first-order chi connectivity index (χ1) is 15.0. The van der Waals surface area contributed by atoms with Crippen LogP contribution >= 0.6 is 0 Å². The van der Waals surface area contributed by atoms with Crippen molar-refractivity contribution in [2.24, 2.45) is 11.8 Å². The maximum Gasteiger partial charge on any atom is 0.263 e. The van der Waals surface area contributed by atoms with Gasteiger partial charge < -0.3 is 14.8 Å². The number of pyridine rings is 1. The molecule has 0 bridgehead atoms. The van der Waals surface area contributed by atoms with Crippen molar-refractivity contribution < 1.29 is 9.18 Å². The number of nitrogens with one attached hydrogen (secondary N) is 1. The van der Waals surface area contributed by atoms with E-state index in [-0.39, 0.29) is 17.3 Å². The molecule has 1 N–H and O–H groups in total. The van der Waals surface area contributed by atoms with Crippen LogP contribution in [0.5, 0.6) is 0 Å². The molecule has 1 amide bonds. The normalized spacial score (nSPS) is 20.1. The predicted octanol–water partition coefficient (Wildman–Crippen LogP) is 3.39. The van der Waals surface area contributed by atoms with Crippen LogP contribution in [0.3, 0.4) is 0 Å². The van der Waals surface area contributed by atoms with Crippen LogP contribution in [-0.4, -0.2) is 41.6 Å². The Morgan fingerprint density at radius 2 is 1.84 bits per heavy atom. The fraction of sp³-hybridized carbons (Fsp3) is 0.520. The molecule has 2 fully saturated rings. The molecule has 2 aromatic rings. The first kappa shape index (κ1) is 21.8. The minimum absolute atomic E-state index is 0.140. The van der Waals surface area contributed by atoms with E-state index in [2.05, 4.69) is 5.32 Å². The maximum atomic E-state index is 13.2. The molecule has 6 heteroatoms. The van der Waals surface area contributed by atoms with E-state index in [9.17, 15) is 14.0 Å². The van der Waals surface area contributed by atoms with Gasteiger partial charge in [0.1, 0.15) is 11.4 Å². The zero-order valence-electron chi connectivity index (χ0n) is 18.3. The number of rotatable bonds is 5. The summed E-state index contributed by atoms with van der Waals surface area (Å²) in [4.78, 5) is 28.2. The van der Waals surface area contributed by atoms with Crippen molar-refractivity contribution in [3.05, 3.63) is 69.4 Å². The molecule has 0 saturated carbocycles. The number of nitrogens with zero attached hydrogens (tertiary/aromatic N) is 2. The van der Waals surface area contributed by atoms with Crippen LogP contribution in [0, 0.1) is 24.6 Å². The average Bonchev–Trinajstić information content (AvgIpc) is 2.78. The van der Waals surface area contributed by atoms with Gasteiger partial charge in [-0.1, -0.05) is 12.1 Å². The van der Waals surface area contributed by atoms with E-state index in [0.29, 0.717) is 37.0 Å². The van der Waals surface area contributed by atoms with Gasteiger partial charge in [-0.3, -0.25) is 9.59 Å². The minimum Gasteiger partial charge on any atom is -0.338 e. The molecule has 1 aromatic heterocycles. The van der Waals surface area contributed by atoms with Crippen LogP contribution in [0.4, 0.5) is 4.39 Å². The number of hydrogen-bond acceptors (Lipinski definition) is 3. The molecule has 2 aliphatic rings. The smallest absolute Gasteiger partial charge is 0.263 e. The first-order valence-corrected chi connectivity index (χ1v) is 11.5. The highest BCUT2D eigenvalue weighted by Crippen LogP contribution is 2.23. The number of carbonyl (C=O) groups is 1. The number of hydrogen-bond donors (Lipinski definition) is 1. The Balaban J connectivity index is 1.40. The van der Waals surface area contributed by atoms with Gasteiger partial charge in [-0.05, 0) is 93.3 Å². The highest BCUT2D eigenvalue weighted by Gasteiger charge is 2.27. The molecule has 0 spiro atoms. The lowest BCUT2D eigenvalue weighted by atomic mass is 9.90. The van der Waals surface area contributed by atoms with E-state index in [1.54, 1.807) is 4.57 Å². The highest BCUT2D eigenvalue weighted by molar-refractivity contribution is 5.95. The van der Waals surface area contributed by atoms with Crippen LogP contribution in [0.15, 0.2) is 41.3 Å². The van der Waals surface area contributed by atoms with Crippen LogP contribution in [-0.2, 0) is 13.0 Å². The summed E-state index contributed by atoms with van der Waals surface area (Å²) < 4.78 is 14.8. The van der Waals surface area contributed by atoms with Crippen molar-refractivity contribution >= 4 is 5.91 Å². The molecule has 1 aromatic carbocycles. The van der Waals surface area contributed by atoms with Crippen molar-refractivity contribution in [1.29, 1.82) is 0 Å². The number of halogens is 1. The van der Waals surface area contributed by atoms with E-state index >= 15 is 0 Å². The summed E-state index contributed by atoms with van der Waals surface area (Å²) in [5.74, 6) is 0.549. The predicted molar refractivity (Wildman–Crippen MR) is 120 cm³/mol. The number of benzene rings is 1. The molecule has 31 heavy (non-hydrogen) atoms. The van der Waals surface area contributed by atoms with Crippen molar-refractivity contribution in [3.8, 4) is 0 Å². The first-order valence-electron chi connectivity index (χ1n) is 11.5. The Morgan fingerprint density at radius 3 is 2.52 bits per heavy atom. The number of aromatic nitrogens is 1. The summed E-state index contributed by atoms with van der Waals surface area (Å²) >= 11 is 0. The molecule has 166 valence electrons. The summed E-state index contributed by atoms with van der Waals surface area (Å²) in [6.45, 7) is 5.79. The fourth-order valence-electron chi connectivity index (χ4n) is 4.88. The quantitative estimate of drug-likeness (QED) is 0.799. The van der Waals surface area contributed by atoms with Gasteiger partial charge in [0.25, 0.3) is 11.5 Å².